The maximum absolute atomic E-state index is 13.2. The minimum atomic E-state index is -0.495. The van der Waals surface area contributed by atoms with Crippen LogP contribution < -0.4 is 4.90 Å². The molecule has 0 unspecified atom stereocenters. The van der Waals surface area contributed by atoms with Gasteiger partial charge in [-0.2, -0.15) is 0 Å². The molecule has 1 aliphatic rings. The minimum absolute atomic E-state index is 0.0983. The largest absolute Gasteiger partial charge is 0.275 e. The van der Waals surface area contributed by atoms with Gasteiger partial charge >= 0.3 is 0 Å². The number of benzene rings is 3. The first-order chi connectivity index (χ1) is 12.1. The van der Waals surface area contributed by atoms with Crippen molar-refractivity contribution in [1.29, 1.82) is 0 Å². The predicted molar refractivity (Wildman–Crippen MR) is 96.6 cm³/mol. The Bertz CT molecular complexity index is 958. The summed E-state index contributed by atoms with van der Waals surface area (Å²) in [5.74, 6) is -0.288. The molecule has 3 aromatic rings. The Kier molecular flexibility index (Phi) is 3.74. The van der Waals surface area contributed by atoms with Crippen LogP contribution in [0.3, 0.4) is 0 Å². The zero-order chi connectivity index (χ0) is 17.4. The van der Waals surface area contributed by atoms with Crippen molar-refractivity contribution in [2.45, 2.75) is 9.79 Å². The molecule has 3 aromatic carbocycles. The smallest absolute Gasteiger partial charge is 0.270 e. The minimum Gasteiger partial charge on any atom is -0.275 e. The molecule has 1 amide bonds. The van der Waals surface area contributed by atoms with Crippen molar-refractivity contribution in [2.24, 2.45) is 0 Å². The molecule has 25 heavy (non-hydrogen) atoms. The maximum Gasteiger partial charge on any atom is 0.270 e. The van der Waals surface area contributed by atoms with E-state index in [9.17, 15) is 14.9 Å². The molecule has 1 heterocycles. The molecule has 6 heteroatoms. The van der Waals surface area contributed by atoms with E-state index in [-0.39, 0.29) is 17.2 Å². The van der Waals surface area contributed by atoms with E-state index in [1.54, 1.807) is 22.7 Å². The van der Waals surface area contributed by atoms with Gasteiger partial charge in [-0.25, -0.2) is 0 Å². The summed E-state index contributed by atoms with van der Waals surface area (Å²) >= 11 is 1.60. The van der Waals surface area contributed by atoms with Crippen LogP contribution in [0.5, 0.6) is 0 Å². The second kappa shape index (κ2) is 6.07. The van der Waals surface area contributed by atoms with Gasteiger partial charge in [0.25, 0.3) is 11.6 Å². The summed E-state index contributed by atoms with van der Waals surface area (Å²) in [6.07, 6.45) is 0. The number of hydrogen-bond acceptors (Lipinski definition) is 4. The first-order valence-electron chi connectivity index (χ1n) is 7.60. The summed E-state index contributed by atoms with van der Waals surface area (Å²) in [6.45, 7) is 0. The van der Waals surface area contributed by atoms with Crippen molar-refractivity contribution < 1.29 is 9.72 Å². The zero-order valence-corrected chi connectivity index (χ0v) is 13.8. The summed E-state index contributed by atoms with van der Waals surface area (Å²) in [4.78, 5) is 27.3. The number of carbonyl (C=O) groups is 1. The van der Waals surface area contributed by atoms with E-state index in [2.05, 4.69) is 0 Å². The molecule has 0 spiro atoms. The first kappa shape index (κ1) is 15.4. The van der Waals surface area contributed by atoms with Gasteiger partial charge in [0, 0.05) is 27.5 Å². The molecule has 0 fully saturated rings. The molecular formula is C19H12N2O3S. The lowest BCUT2D eigenvalue weighted by atomic mass is 10.1. The van der Waals surface area contributed by atoms with Crippen LogP contribution in [0, 0.1) is 10.1 Å². The van der Waals surface area contributed by atoms with Crippen LogP contribution in [-0.4, -0.2) is 10.8 Å². The van der Waals surface area contributed by atoms with Gasteiger partial charge in [-0.3, -0.25) is 19.8 Å². The summed E-state index contributed by atoms with van der Waals surface area (Å²) in [7, 11) is 0. The van der Waals surface area contributed by atoms with Crippen molar-refractivity contribution in [3.8, 4) is 0 Å². The Morgan fingerprint density at radius 1 is 0.880 bits per heavy atom. The lowest BCUT2D eigenvalue weighted by Crippen LogP contribution is -2.28. The number of carbonyl (C=O) groups excluding carboxylic acids is 1. The molecular weight excluding hydrogens is 336 g/mol. The van der Waals surface area contributed by atoms with Crippen LogP contribution >= 0.6 is 11.8 Å². The number of rotatable bonds is 2. The van der Waals surface area contributed by atoms with Crippen LogP contribution in [0.1, 0.15) is 10.4 Å². The van der Waals surface area contributed by atoms with E-state index in [1.165, 1.54) is 18.2 Å². The SMILES string of the molecule is O=C(c1cccc([N+](=O)[O-])c1)N1c2ccccc2Sc2ccccc21. The fourth-order valence-electron chi connectivity index (χ4n) is 2.81. The fourth-order valence-corrected chi connectivity index (χ4v) is 3.86. The topological polar surface area (TPSA) is 63.4 Å². The summed E-state index contributed by atoms with van der Waals surface area (Å²) < 4.78 is 0. The van der Waals surface area contributed by atoms with Crippen LogP contribution in [0.15, 0.2) is 82.6 Å². The standard InChI is InChI=1S/C19H12N2O3S/c22-19(13-6-5-7-14(12-13)21(23)24)20-15-8-1-3-10-17(15)25-18-11-4-2-9-16(18)20/h1-12H. The molecule has 122 valence electrons. The third kappa shape index (κ3) is 2.66. The van der Waals surface area contributed by atoms with E-state index in [0.29, 0.717) is 0 Å². The highest BCUT2D eigenvalue weighted by molar-refractivity contribution is 7.99. The molecule has 0 aromatic heterocycles. The van der Waals surface area contributed by atoms with Gasteiger partial charge in [-0.05, 0) is 30.3 Å². The van der Waals surface area contributed by atoms with Crippen LogP contribution in [0.2, 0.25) is 0 Å². The Balaban J connectivity index is 1.86. The lowest BCUT2D eigenvalue weighted by molar-refractivity contribution is -0.384. The average molecular weight is 348 g/mol. The van der Waals surface area contributed by atoms with E-state index in [4.69, 9.17) is 0 Å². The van der Waals surface area contributed by atoms with E-state index in [1.807, 2.05) is 48.5 Å². The quantitative estimate of drug-likeness (QED) is 0.481. The van der Waals surface area contributed by atoms with Crippen molar-refractivity contribution in [1.82, 2.24) is 0 Å². The predicted octanol–water partition coefficient (Wildman–Crippen LogP) is 5.04. The maximum atomic E-state index is 13.2. The van der Waals surface area contributed by atoms with Crippen LogP contribution in [0.25, 0.3) is 0 Å². The monoisotopic (exact) mass is 348 g/mol. The summed E-state index contributed by atoms with van der Waals surface area (Å²) in [5, 5.41) is 11.0. The summed E-state index contributed by atoms with van der Waals surface area (Å²) in [5.41, 5.74) is 1.75. The van der Waals surface area contributed by atoms with Gasteiger partial charge in [-0.15, -0.1) is 0 Å². The number of fused-ring (bicyclic) bond motifs is 2. The second-order valence-electron chi connectivity index (χ2n) is 5.49. The van der Waals surface area contributed by atoms with Gasteiger partial charge < -0.3 is 0 Å². The number of para-hydroxylation sites is 2. The third-order valence-electron chi connectivity index (χ3n) is 3.94. The molecule has 0 saturated carbocycles. The molecule has 0 bridgehead atoms. The first-order valence-corrected chi connectivity index (χ1v) is 8.41. The number of anilines is 2. The molecule has 4 rings (SSSR count). The number of non-ortho nitro benzene ring substituents is 1. The van der Waals surface area contributed by atoms with Gasteiger partial charge in [0.1, 0.15) is 0 Å². The highest BCUT2D eigenvalue weighted by Crippen LogP contribution is 2.48. The average Bonchev–Trinajstić information content (AvgIpc) is 2.65. The van der Waals surface area contributed by atoms with Crippen molar-refractivity contribution in [3.05, 3.63) is 88.5 Å². The fraction of sp³-hybridized carbons (Fsp3) is 0. The van der Waals surface area contributed by atoms with Crippen molar-refractivity contribution in [2.75, 3.05) is 4.90 Å². The Hall–Kier alpha value is -3.12. The molecule has 1 aliphatic heterocycles. The molecule has 0 saturated heterocycles. The molecule has 5 nitrogen and oxygen atoms in total. The Morgan fingerprint density at radius 2 is 1.48 bits per heavy atom. The summed E-state index contributed by atoms with van der Waals surface area (Å²) in [6, 6.07) is 21.1. The molecule has 0 aliphatic carbocycles. The normalized spacial score (nSPS) is 12.2. The Morgan fingerprint density at radius 3 is 2.08 bits per heavy atom. The molecule has 0 N–H and O–H groups in total. The highest BCUT2D eigenvalue weighted by atomic mass is 32.2. The second-order valence-corrected chi connectivity index (χ2v) is 6.57. The number of nitrogens with zero attached hydrogens (tertiary/aromatic N) is 2. The van der Waals surface area contributed by atoms with Gasteiger partial charge in [0.05, 0.1) is 16.3 Å². The zero-order valence-electron chi connectivity index (χ0n) is 13.0. The van der Waals surface area contributed by atoms with Crippen LogP contribution in [-0.2, 0) is 0 Å². The lowest BCUT2D eigenvalue weighted by Gasteiger charge is -2.31. The van der Waals surface area contributed by atoms with Crippen molar-refractivity contribution >= 4 is 34.7 Å². The third-order valence-corrected chi connectivity index (χ3v) is 5.07. The number of hydrogen-bond donors (Lipinski definition) is 0. The van der Waals surface area contributed by atoms with E-state index < -0.39 is 4.92 Å². The van der Waals surface area contributed by atoms with Gasteiger partial charge in [-0.1, -0.05) is 42.1 Å². The highest BCUT2D eigenvalue weighted by Gasteiger charge is 2.29. The Labute approximate surface area is 148 Å². The van der Waals surface area contributed by atoms with E-state index >= 15 is 0 Å². The number of nitro benzene ring substituents is 1. The molecule has 0 radical (unpaired) electrons. The van der Waals surface area contributed by atoms with Gasteiger partial charge in [0.15, 0.2) is 0 Å². The van der Waals surface area contributed by atoms with E-state index in [0.717, 1.165) is 21.2 Å². The van der Waals surface area contributed by atoms with Gasteiger partial charge in [0.2, 0.25) is 0 Å². The molecule has 0 atom stereocenters. The van der Waals surface area contributed by atoms with Crippen LogP contribution in [0.4, 0.5) is 17.1 Å². The van der Waals surface area contributed by atoms with Crippen molar-refractivity contribution in [3.63, 3.8) is 0 Å². The number of amides is 1. The number of nitro groups is 1.